The van der Waals surface area contributed by atoms with Gasteiger partial charge >= 0.3 is 0 Å². The Bertz CT molecular complexity index is 328. The summed E-state index contributed by atoms with van der Waals surface area (Å²) in [5, 5.41) is 0. The minimum atomic E-state index is 0.204. The summed E-state index contributed by atoms with van der Waals surface area (Å²) < 4.78 is 0. The number of rotatable bonds is 5. The van der Waals surface area contributed by atoms with Gasteiger partial charge in [0.25, 0.3) is 0 Å². The molecule has 15 heavy (non-hydrogen) atoms. The predicted octanol–water partition coefficient (Wildman–Crippen LogP) is 3.54. The van der Waals surface area contributed by atoms with E-state index >= 15 is 0 Å². The molecule has 0 amide bonds. The van der Waals surface area contributed by atoms with E-state index in [4.69, 9.17) is 0 Å². The van der Waals surface area contributed by atoms with Crippen LogP contribution in [0.3, 0.4) is 0 Å². The lowest BCUT2D eigenvalue weighted by molar-refractivity contribution is -0.121. The van der Waals surface area contributed by atoms with Gasteiger partial charge in [0.05, 0.1) is 0 Å². The minimum Gasteiger partial charge on any atom is -0.299 e. The van der Waals surface area contributed by atoms with Crippen LogP contribution in [-0.2, 0) is 11.2 Å². The van der Waals surface area contributed by atoms with Gasteiger partial charge in [0.15, 0.2) is 0 Å². The SMILES string of the molecule is CCCC(C)C(=O)Cc1cccc(C)c1. The van der Waals surface area contributed by atoms with Crippen molar-refractivity contribution in [3.8, 4) is 0 Å². The van der Waals surface area contributed by atoms with Gasteiger partial charge in [0, 0.05) is 12.3 Å². The second-order valence-corrected chi connectivity index (χ2v) is 4.32. The Balaban J connectivity index is 2.58. The molecule has 0 N–H and O–H groups in total. The first-order valence-corrected chi connectivity index (χ1v) is 5.71. The van der Waals surface area contributed by atoms with E-state index in [0.717, 1.165) is 18.4 Å². The molecule has 0 radical (unpaired) electrons. The number of benzene rings is 1. The van der Waals surface area contributed by atoms with Crippen molar-refractivity contribution in [3.63, 3.8) is 0 Å². The zero-order chi connectivity index (χ0) is 11.3. The van der Waals surface area contributed by atoms with E-state index in [-0.39, 0.29) is 5.92 Å². The quantitative estimate of drug-likeness (QED) is 0.717. The van der Waals surface area contributed by atoms with Crippen molar-refractivity contribution in [2.75, 3.05) is 0 Å². The molecule has 0 saturated heterocycles. The number of Topliss-reactive ketones (excluding diaryl/α,β-unsaturated/α-hetero) is 1. The highest BCUT2D eigenvalue weighted by molar-refractivity contribution is 5.82. The van der Waals surface area contributed by atoms with Crippen LogP contribution in [0.4, 0.5) is 0 Å². The van der Waals surface area contributed by atoms with Crippen molar-refractivity contribution in [2.45, 2.75) is 40.0 Å². The second-order valence-electron chi connectivity index (χ2n) is 4.32. The molecule has 0 saturated carbocycles. The molecule has 1 unspecified atom stereocenters. The van der Waals surface area contributed by atoms with Crippen LogP contribution in [-0.4, -0.2) is 5.78 Å². The Morgan fingerprint density at radius 3 is 2.73 bits per heavy atom. The van der Waals surface area contributed by atoms with E-state index in [0.29, 0.717) is 12.2 Å². The molecule has 0 bridgehead atoms. The number of hydrogen-bond donors (Lipinski definition) is 0. The molecule has 0 heterocycles. The zero-order valence-corrected chi connectivity index (χ0v) is 9.92. The average Bonchev–Trinajstić information content (AvgIpc) is 2.18. The summed E-state index contributed by atoms with van der Waals surface area (Å²) in [6.45, 7) is 6.21. The summed E-state index contributed by atoms with van der Waals surface area (Å²) in [6.07, 6.45) is 2.67. The van der Waals surface area contributed by atoms with Crippen molar-refractivity contribution >= 4 is 5.78 Å². The Kier molecular flexibility index (Phi) is 4.54. The van der Waals surface area contributed by atoms with Gasteiger partial charge in [0.2, 0.25) is 0 Å². The van der Waals surface area contributed by atoms with E-state index in [2.05, 4.69) is 26.0 Å². The van der Waals surface area contributed by atoms with Crippen LogP contribution in [0.1, 0.15) is 37.8 Å². The molecule has 0 fully saturated rings. The van der Waals surface area contributed by atoms with E-state index in [1.807, 2.05) is 19.1 Å². The second kappa shape index (κ2) is 5.69. The summed E-state index contributed by atoms with van der Waals surface area (Å²) >= 11 is 0. The highest BCUT2D eigenvalue weighted by Gasteiger charge is 2.12. The first-order chi connectivity index (χ1) is 7.13. The first-order valence-electron chi connectivity index (χ1n) is 5.71. The molecule has 1 aromatic carbocycles. The molecule has 0 spiro atoms. The zero-order valence-electron chi connectivity index (χ0n) is 9.92. The Morgan fingerprint density at radius 1 is 1.40 bits per heavy atom. The Hall–Kier alpha value is -1.11. The monoisotopic (exact) mass is 204 g/mol. The van der Waals surface area contributed by atoms with E-state index in [1.165, 1.54) is 5.56 Å². The van der Waals surface area contributed by atoms with E-state index in [1.54, 1.807) is 0 Å². The van der Waals surface area contributed by atoms with Gasteiger partial charge in [-0.2, -0.15) is 0 Å². The van der Waals surface area contributed by atoms with Crippen LogP contribution < -0.4 is 0 Å². The van der Waals surface area contributed by atoms with Crippen molar-refractivity contribution in [2.24, 2.45) is 5.92 Å². The minimum absolute atomic E-state index is 0.204. The molecule has 1 aromatic rings. The summed E-state index contributed by atoms with van der Waals surface area (Å²) in [4.78, 5) is 11.8. The van der Waals surface area contributed by atoms with Crippen molar-refractivity contribution < 1.29 is 4.79 Å². The molecule has 1 heteroatoms. The Morgan fingerprint density at radius 2 is 2.13 bits per heavy atom. The molecule has 1 nitrogen and oxygen atoms in total. The Labute approximate surface area is 92.5 Å². The maximum absolute atomic E-state index is 11.8. The average molecular weight is 204 g/mol. The lowest BCUT2D eigenvalue weighted by atomic mass is 9.95. The highest BCUT2D eigenvalue weighted by atomic mass is 16.1. The lowest BCUT2D eigenvalue weighted by Crippen LogP contribution is -2.13. The number of aryl methyl sites for hydroxylation is 1. The third-order valence-electron chi connectivity index (χ3n) is 2.73. The third-order valence-corrected chi connectivity index (χ3v) is 2.73. The van der Waals surface area contributed by atoms with Gasteiger partial charge in [-0.25, -0.2) is 0 Å². The largest absolute Gasteiger partial charge is 0.299 e. The van der Waals surface area contributed by atoms with Gasteiger partial charge in [-0.3, -0.25) is 4.79 Å². The van der Waals surface area contributed by atoms with Crippen LogP contribution in [0.25, 0.3) is 0 Å². The summed E-state index contributed by atoms with van der Waals surface area (Å²) in [6, 6.07) is 8.20. The molecular weight excluding hydrogens is 184 g/mol. The summed E-state index contributed by atoms with van der Waals surface area (Å²) in [5.41, 5.74) is 2.37. The highest BCUT2D eigenvalue weighted by Crippen LogP contribution is 2.12. The fourth-order valence-electron chi connectivity index (χ4n) is 1.79. The topological polar surface area (TPSA) is 17.1 Å². The fourth-order valence-corrected chi connectivity index (χ4v) is 1.79. The predicted molar refractivity (Wildman–Crippen MR) is 64.0 cm³/mol. The van der Waals surface area contributed by atoms with Gasteiger partial charge < -0.3 is 0 Å². The first kappa shape index (κ1) is 12.0. The van der Waals surface area contributed by atoms with Gasteiger partial charge in [-0.15, -0.1) is 0 Å². The number of hydrogen-bond acceptors (Lipinski definition) is 1. The van der Waals surface area contributed by atoms with Crippen molar-refractivity contribution in [1.29, 1.82) is 0 Å². The molecule has 1 rings (SSSR count). The molecule has 0 aliphatic heterocycles. The molecule has 0 aliphatic carbocycles. The van der Waals surface area contributed by atoms with E-state index in [9.17, 15) is 4.79 Å². The smallest absolute Gasteiger partial charge is 0.140 e. The van der Waals surface area contributed by atoms with Gasteiger partial charge in [-0.1, -0.05) is 50.1 Å². The maximum Gasteiger partial charge on any atom is 0.140 e. The van der Waals surface area contributed by atoms with Crippen molar-refractivity contribution in [1.82, 2.24) is 0 Å². The molecule has 0 aliphatic rings. The lowest BCUT2D eigenvalue weighted by Gasteiger charge is -2.09. The third kappa shape index (κ3) is 3.86. The fraction of sp³-hybridized carbons (Fsp3) is 0.500. The van der Waals surface area contributed by atoms with Crippen LogP contribution >= 0.6 is 0 Å². The molecule has 0 aromatic heterocycles. The molecular formula is C14H20O. The van der Waals surface area contributed by atoms with Crippen LogP contribution in [0.5, 0.6) is 0 Å². The van der Waals surface area contributed by atoms with E-state index < -0.39 is 0 Å². The van der Waals surface area contributed by atoms with Crippen LogP contribution in [0, 0.1) is 12.8 Å². The summed E-state index contributed by atoms with van der Waals surface area (Å²) in [5.74, 6) is 0.568. The van der Waals surface area contributed by atoms with Crippen LogP contribution in [0.2, 0.25) is 0 Å². The molecule has 1 atom stereocenters. The number of ketones is 1. The number of carbonyl (C=O) groups excluding carboxylic acids is 1. The number of carbonyl (C=O) groups is 1. The van der Waals surface area contributed by atoms with Gasteiger partial charge in [0.1, 0.15) is 5.78 Å². The molecule has 82 valence electrons. The summed E-state index contributed by atoms with van der Waals surface area (Å²) in [7, 11) is 0. The van der Waals surface area contributed by atoms with Crippen LogP contribution in [0.15, 0.2) is 24.3 Å². The normalized spacial score (nSPS) is 12.5. The standard InChI is InChI=1S/C14H20O/c1-4-6-12(3)14(15)10-13-8-5-7-11(2)9-13/h5,7-9,12H,4,6,10H2,1-3H3. The van der Waals surface area contributed by atoms with Crippen molar-refractivity contribution in [3.05, 3.63) is 35.4 Å². The maximum atomic E-state index is 11.8. The van der Waals surface area contributed by atoms with Gasteiger partial charge in [-0.05, 0) is 18.9 Å².